The number of nitrogens with zero attached hydrogens (tertiary/aromatic N) is 4. The Morgan fingerprint density at radius 2 is 2.20 bits per heavy atom. The molecule has 0 unspecified atom stereocenters. The molecule has 0 radical (unpaired) electrons. The van der Waals surface area contributed by atoms with Crippen molar-refractivity contribution in [2.45, 2.75) is 6.54 Å². The molecular weight excluding hydrogens is 390 g/mol. The van der Waals surface area contributed by atoms with Crippen molar-refractivity contribution >= 4 is 29.0 Å². The molecule has 152 valence electrons. The van der Waals surface area contributed by atoms with Gasteiger partial charge in [0.15, 0.2) is 29.1 Å². The van der Waals surface area contributed by atoms with E-state index in [-0.39, 0.29) is 24.0 Å². The number of phenolic OH excluding ortho intramolecular Hbond substituents is 1. The zero-order valence-electron chi connectivity index (χ0n) is 15.9. The number of H-pyrrole nitrogens is 1. The predicted molar refractivity (Wildman–Crippen MR) is 107 cm³/mol. The number of hydrogen-bond donors (Lipinski definition) is 4. The number of aromatic hydroxyl groups is 1. The molecule has 0 saturated carbocycles. The third-order valence-corrected chi connectivity index (χ3v) is 4.36. The lowest BCUT2D eigenvalue weighted by Crippen LogP contribution is -2.42. The Balaban J connectivity index is 1.55. The summed E-state index contributed by atoms with van der Waals surface area (Å²) in [4.78, 5) is 15.7. The number of imidazole rings is 1. The molecule has 2 aromatic carbocycles. The topological polar surface area (TPSA) is 156 Å². The number of para-hydroxylation sites is 2. The van der Waals surface area contributed by atoms with Gasteiger partial charge in [-0.05, 0) is 46.2 Å². The maximum atomic E-state index is 12.5. The maximum Gasteiger partial charge on any atom is 0.314 e. The number of amides is 1. The second kappa shape index (κ2) is 7.91. The van der Waals surface area contributed by atoms with E-state index in [1.54, 1.807) is 16.7 Å². The smallest absolute Gasteiger partial charge is 0.314 e. The third-order valence-electron chi connectivity index (χ3n) is 4.36. The van der Waals surface area contributed by atoms with E-state index in [1.807, 2.05) is 24.3 Å². The van der Waals surface area contributed by atoms with Crippen LogP contribution in [0.25, 0.3) is 22.6 Å². The van der Waals surface area contributed by atoms with Crippen molar-refractivity contribution in [1.82, 2.24) is 20.7 Å². The maximum absolute atomic E-state index is 12.5. The van der Waals surface area contributed by atoms with Gasteiger partial charge >= 0.3 is 5.82 Å². The lowest BCUT2D eigenvalue weighted by molar-refractivity contribution is -0.647. The first kappa shape index (κ1) is 18.9. The van der Waals surface area contributed by atoms with Gasteiger partial charge in [-0.2, -0.15) is 5.10 Å². The van der Waals surface area contributed by atoms with Crippen LogP contribution in [0, 0.1) is 0 Å². The van der Waals surface area contributed by atoms with Crippen molar-refractivity contribution in [2.75, 3.05) is 12.8 Å². The molecule has 0 spiro atoms. The molecule has 0 aliphatic carbocycles. The molecule has 4 rings (SSSR count). The van der Waals surface area contributed by atoms with Gasteiger partial charge in [0.2, 0.25) is 11.5 Å². The molecule has 2 heterocycles. The molecule has 11 nitrogen and oxygen atoms in total. The molecule has 0 atom stereocenters. The van der Waals surface area contributed by atoms with Crippen LogP contribution in [0.1, 0.15) is 5.56 Å². The third kappa shape index (κ3) is 3.63. The standard InChI is InChI=1S/C19H17N7O4/c1-29-15-8-11(6-7-14(15)27)9-21-23-16(28)10-26-13-5-3-2-4-12(13)22-19(26)17-18(20)25-30-24-17/h2-9H,10H2,1H3,(H4,20,21,22,23,24,25,27,28)/p+1. The molecule has 0 fully saturated rings. The Labute approximate surface area is 169 Å². The van der Waals surface area contributed by atoms with Crippen molar-refractivity contribution in [3.05, 3.63) is 48.0 Å². The summed E-state index contributed by atoms with van der Waals surface area (Å²) in [5.41, 5.74) is 10.8. The number of hydrazone groups is 1. The van der Waals surface area contributed by atoms with Crippen LogP contribution in [0.2, 0.25) is 0 Å². The fraction of sp³-hybridized carbons (Fsp3) is 0.105. The van der Waals surface area contributed by atoms with E-state index < -0.39 is 0 Å². The Morgan fingerprint density at radius 3 is 2.97 bits per heavy atom. The zero-order valence-corrected chi connectivity index (χ0v) is 15.9. The number of ether oxygens (including phenoxy) is 1. The summed E-state index contributed by atoms with van der Waals surface area (Å²) in [6.07, 6.45) is 1.44. The number of aromatic nitrogens is 4. The number of nitrogen functional groups attached to an aromatic ring is 1. The Morgan fingerprint density at radius 1 is 1.37 bits per heavy atom. The van der Waals surface area contributed by atoms with Crippen LogP contribution in [0.15, 0.2) is 52.2 Å². The van der Waals surface area contributed by atoms with Crippen molar-refractivity contribution in [3.63, 3.8) is 0 Å². The number of methoxy groups -OCH3 is 1. The highest BCUT2D eigenvalue weighted by Crippen LogP contribution is 2.25. The highest BCUT2D eigenvalue weighted by Gasteiger charge is 2.27. The minimum atomic E-state index is -0.372. The fourth-order valence-corrected chi connectivity index (χ4v) is 2.97. The Kier molecular flexibility index (Phi) is 4.99. The normalized spacial score (nSPS) is 11.2. The van der Waals surface area contributed by atoms with E-state index in [4.69, 9.17) is 10.5 Å². The summed E-state index contributed by atoms with van der Waals surface area (Å²) in [5, 5.41) is 21.0. The Bertz CT molecular complexity index is 1240. The van der Waals surface area contributed by atoms with Crippen LogP contribution in [0.3, 0.4) is 0 Å². The number of nitrogens with one attached hydrogen (secondary N) is 2. The number of rotatable bonds is 6. The van der Waals surface area contributed by atoms with E-state index in [2.05, 4.69) is 30.5 Å². The van der Waals surface area contributed by atoms with Crippen molar-refractivity contribution in [1.29, 1.82) is 0 Å². The van der Waals surface area contributed by atoms with Crippen LogP contribution < -0.4 is 20.5 Å². The lowest BCUT2D eigenvalue weighted by atomic mass is 10.2. The summed E-state index contributed by atoms with van der Waals surface area (Å²) in [6, 6.07) is 12.2. The molecule has 0 aliphatic rings. The van der Waals surface area contributed by atoms with Gasteiger partial charge in [-0.3, -0.25) is 4.79 Å². The average molecular weight is 408 g/mol. The van der Waals surface area contributed by atoms with Crippen LogP contribution in [0.5, 0.6) is 11.5 Å². The number of nitrogens with two attached hydrogens (primary N) is 1. The van der Waals surface area contributed by atoms with E-state index >= 15 is 0 Å². The molecule has 5 N–H and O–H groups in total. The van der Waals surface area contributed by atoms with Gasteiger partial charge in [0, 0.05) is 0 Å². The van der Waals surface area contributed by atoms with E-state index in [0.29, 0.717) is 22.8 Å². The van der Waals surface area contributed by atoms with Crippen molar-refractivity contribution in [2.24, 2.45) is 5.10 Å². The lowest BCUT2D eigenvalue weighted by Gasteiger charge is -2.03. The number of hydrogen-bond acceptors (Lipinski definition) is 8. The monoisotopic (exact) mass is 408 g/mol. The first-order valence-electron chi connectivity index (χ1n) is 8.84. The quantitative estimate of drug-likeness (QED) is 0.210. The number of phenols is 1. The largest absolute Gasteiger partial charge is 0.504 e. The van der Waals surface area contributed by atoms with Crippen LogP contribution in [-0.4, -0.2) is 39.6 Å². The van der Waals surface area contributed by atoms with Crippen molar-refractivity contribution in [3.8, 4) is 23.0 Å². The van der Waals surface area contributed by atoms with Gasteiger partial charge in [0.1, 0.15) is 0 Å². The molecule has 2 aromatic heterocycles. The number of anilines is 1. The molecule has 30 heavy (non-hydrogen) atoms. The molecule has 11 heteroatoms. The van der Waals surface area contributed by atoms with Gasteiger partial charge in [-0.1, -0.05) is 12.1 Å². The molecule has 1 amide bonds. The molecular formula is C19H18N7O4+. The molecule has 0 bridgehead atoms. The average Bonchev–Trinajstić information content (AvgIpc) is 3.32. The second-order valence-electron chi connectivity index (χ2n) is 6.30. The number of carbonyl (C=O) groups excluding carboxylic acids is 1. The van der Waals surface area contributed by atoms with Crippen LogP contribution in [0.4, 0.5) is 5.82 Å². The number of aromatic amines is 1. The summed E-state index contributed by atoms with van der Waals surface area (Å²) in [5.74, 6) is 0.544. The predicted octanol–water partition coefficient (Wildman–Crippen LogP) is 0.952. The highest BCUT2D eigenvalue weighted by molar-refractivity contribution is 5.83. The summed E-state index contributed by atoms with van der Waals surface area (Å²) < 4.78 is 11.4. The van der Waals surface area contributed by atoms with Gasteiger partial charge in [-0.25, -0.2) is 19.6 Å². The van der Waals surface area contributed by atoms with Gasteiger partial charge in [0.05, 0.1) is 13.3 Å². The molecule has 0 aliphatic heterocycles. The molecule has 0 saturated heterocycles. The minimum absolute atomic E-state index is 0.0172. The van der Waals surface area contributed by atoms with Gasteiger partial charge < -0.3 is 15.6 Å². The summed E-state index contributed by atoms with van der Waals surface area (Å²) in [7, 11) is 1.45. The molecule has 4 aromatic rings. The van der Waals surface area contributed by atoms with Crippen molar-refractivity contribution < 1.29 is 23.8 Å². The highest BCUT2D eigenvalue weighted by atomic mass is 16.6. The first-order valence-corrected chi connectivity index (χ1v) is 8.84. The first-order chi connectivity index (χ1) is 14.6. The Hall–Kier alpha value is -4.41. The minimum Gasteiger partial charge on any atom is -0.504 e. The summed E-state index contributed by atoms with van der Waals surface area (Å²) >= 11 is 0. The fourth-order valence-electron chi connectivity index (χ4n) is 2.97. The number of carbonyl (C=O) groups is 1. The second-order valence-corrected chi connectivity index (χ2v) is 6.30. The van der Waals surface area contributed by atoms with E-state index in [0.717, 1.165) is 11.0 Å². The SMILES string of the molecule is COc1cc(C=NNC(=O)C[n+]2c(-c3nonc3N)[nH]c3ccccc32)ccc1O. The number of fused-ring (bicyclic) bond motifs is 1. The summed E-state index contributed by atoms with van der Waals surface area (Å²) in [6.45, 7) is -0.0537. The van der Waals surface area contributed by atoms with Gasteiger partial charge in [0.25, 0.3) is 5.91 Å². The van der Waals surface area contributed by atoms with E-state index in [9.17, 15) is 9.90 Å². The number of benzene rings is 2. The van der Waals surface area contributed by atoms with Crippen LogP contribution in [-0.2, 0) is 11.3 Å². The zero-order chi connectivity index (χ0) is 21.1. The van der Waals surface area contributed by atoms with E-state index in [1.165, 1.54) is 19.4 Å². The van der Waals surface area contributed by atoms with Gasteiger partial charge in [-0.15, -0.1) is 0 Å². The van der Waals surface area contributed by atoms with Crippen LogP contribution >= 0.6 is 0 Å².